The summed E-state index contributed by atoms with van der Waals surface area (Å²) in [6, 6.07) is 10.3. The third-order valence-corrected chi connectivity index (χ3v) is 3.70. The van der Waals surface area contributed by atoms with Crippen molar-refractivity contribution in [3.05, 3.63) is 76.2 Å². The van der Waals surface area contributed by atoms with Crippen molar-refractivity contribution in [2.75, 3.05) is 5.32 Å². The molecule has 0 unspecified atom stereocenters. The SMILES string of the molecule is Cc1ncn(-c2ccc(NC(=O)c3ccc(=O)[nH]c3)cc2)c1C. The van der Waals surface area contributed by atoms with Crippen LogP contribution in [0.15, 0.2) is 53.7 Å². The highest BCUT2D eigenvalue weighted by atomic mass is 16.1. The minimum atomic E-state index is -0.274. The fourth-order valence-corrected chi connectivity index (χ4v) is 2.22. The first-order chi connectivity index (χ1) is 11.0. The van der Waals surface area contributed by atoms with Gasteiger partial charge in [0.2, 0.25) is 5.56 Å². The highest BCUT2D eigenvalue weighted by Crippen LogP contribution is 2.17. The van der Waals surface area contributed by atoms with Crippen LogP contribution in [0.3, 0.4) is 0 Å². The molecule has 0 spiro atoms. The van der Waals surface area contributed by atoms with Crippen LogP contribution in [0.5, 0.6) is 0 Å². The lowest BCUT2D eigenvalue weighted by atomic mass is 10.2. The van der Waals surface area contributed by atoms with Gasteiger partial charge in [-0.3, -0.25) is 9.59 Å². The Balaban J connectivity index is 1.77. The van der Waals surface area contributed by atoms with Gasteiger partial charge in [-0.15, -0.1) is 0 Å². The highest BCUT2D eigenvalue weighted by Gasteiger charge is 2.07. The first-order valence-corrected chi connectivity index (χ1v) is 7.15. The molecule has 6 heteroatoms. The molecule has 1 amide bonds. The van der Waals surface area contributed by atoms with Crippen molar-refractivity contribution in [2.45, 2.75) is 13.8 Å². The minimum Gasteiger partial charge on any atom is -0.328 e. The van der Waals surface area contributed by atoms with E-state index in [0.717, 1.165) is 17.1 Å². The third kappa shape index (κ3) is 3.06. The van der Waals surface area contributed by atoms with E-state index in [0.29, 0.717) is 11.3 Å². The number of aryl methyl sites for hydroxylation is 1. The number of carbonyl (C=O) groups is 1. The maximum absolute atomic E-state index is 12.1. The molecule has 1 aromatic carbocycles. The number of rotatable bonds is 3. The van der Waals surface area contributed by atoms with E-state index in [9.17, 15) is 9.59 Å². The zero-order valence-electron chi connectivity index (χ0n) is 12.8. The van der Waals surface area contributed by atoms with Crippen molar-refractivity contribution in [3.8, 4) is 5.69 Å². The lowest BCUT2D eigenvalue weighted by Gasteiger charge is -2.08. The van der Waals surface area contributed by atoms with Gasteiger partial charge in [-0.05, 0) is 44.2 Å². The first kappa shape index (κ1) is 14.8. The quantitative estimate of drug-likeness (QED) is 0.780. The molecule has 0 saturated heterocycles. The zero-order valence-corrected chi connectivity index (χ0v) is 12.8. The van der Waals surface area contributed by atoms with Crippen molar-refractivity contribution >= 4 is 11.6 Å². The lowest BCUT2D eigenvalue weighted by Crippen LogP contribution is -2.14. The highest BCUT2D eigenvalue weighted by molar-refractivity contribution is 6.04. The monoisotopic (exact) mass is 308 g/mol. The van der Waals surface area contributed by atoms with Gasteiger partial charge in [0.05, 0.1) is 17.6 Å². The van der Waals surface area contributed by atoms with Crippen molar-refractivity contribution in [3.63, 3.8) is 0 Å². The van der Waals surface area contributed by atoms with Crippen molar-refractivity contribution in [1.29, 1.82) is 0 Å². The number of amides is 1. The summed E-state index contributed by atoms with van der Waals surface area (Å²) in [5, 5.41) is 2.79. The number of pyridine rings is 1. The van der Waals surface area contributed by atoms with Gasteiger partial charge >= 0.3 is 0 Å². The molecule has 3 rings (SSSR count). The fourth-order valence-electron chi connectivity index (χ4n) is 2.22. The molecule has 3 aromatic rings. The van der Waals surface area contributed by atoms with E-state index in [1.54, 1.807) is 6.33 Å². The van der Waals surface area contributed by atoms with Crippen LogP contribution in [0.1, 0.15) is 21.7 Å². The van der Waals surface area contributed by atoms with E-state index in [1.807, 2.05) is 42.7 Å². The number of imidazole rings is 1. The number of hydrogen-bond donors (Lipinski definition) is 2. The van der Waals surface area contributed by atoms with Gasteiger partial charge in [0, 0.05) is 29.3 Å². The van der Waals surface area contributed by atoms with E-state index in [2.05, 4.69) is 15.3 Å². The van der Waals surface area contributed by atoms with Crippen LogP contribution < -0.4 is 10.9 Å². The Morgan fingerprint density at radius 1 is 1.13 bits per heavy atom. The number of nitrogens with zero attached hydrogens (tertiary/aromatic N) is 2. The average molecular weight is 308 g/mol. The molecule has 0 aliphatic carbocycles. The zero-order chi connectivity index (χ0) is 16.4. The smallest absolute Gasteiger partial charge is 0.257 e. The predicted molar refractivity (Wildman–Crippen MR) is 88.1 cm³/mol. The number of aromatic amines is 1. The molecule has 2 heterocycles. The molecule has 23 heavy (non-hydrogen) atoms. The molecular weight excluding hydrogens is 292 g/mol. The Morgan fingerprint density at radius 2 is 1.87 bits per heavy atom. The average Bonchev–Trinajstić information content (AvgIpc) is 2.88. The summed E-state index contributed by atoms with van der Waals surface area (Å²) in [4.78, 5) is 29.9. The standard InChI is InChI=1S/C17H16N4O2/c1-11-12(2)21(10-19-11)15-6-4-14(5-7-15)20-17(23)13-3-8-16(22)18-9-13/h3-10H,1-2H3,(H,18,22)(H,20,23). The number of H-pyrrole nitrogens is 1. The molecule has 6 nitrogen and oxygen atoms in total. The summed E-state index contributed by atoms with van der Waals surface area (Å²) >= 11 is 0. The summed E-state index contributed by atoms with van der Waals surface area (Å²) in [7, 11) is 0. The van der Waals surface area contributed by atoms with Gasteiger partial charge in [0.1, 0.15) is 0 Å². The maximum Gasteiger partial charge on any atom is 0.257 e. The topological polar surface area (TPSA) is 79.8 Å². The van der Waals surface area contributed by atoms with Crippen molar-refractivity contribution in [2.24, 2.45) is 0 Å². The molecular formula is C17H16N4O2. The number of nitrogens with one attached hydrogen (secondary N) is 2. The molecule has 116 valence electrons. The Morgan fingerprint density at radius 3 is 2.43 bits per heavy atom. The van der Waals surface area contributed by atoms with Gasteiger partial charge in [0.25, 0.3) is 5.91 Å². The van der Waals surface area contributed by atoms with E-state index >= 15 is 0 Å². The van der Waals surface area contributed by atoms with Gasteiger partial charge in [0.15, 0.2) is 0 Å². The van der Waals surface area contributed by atoms with Gasteiger partial charge in [-0.1, -0.05) is 0 Å². The Bertz CT molecular complexity index is 887. The van der Waals surface area contributed by atoms with Crippen molar-refractivity contribution < 1.29 is 4.79 Å². The van der Waals surface area contributed by atoms with Crippen LogP contribution >= 0.6 is 0 Å². The summed E-state index contributed by atoms with van der Waals surface area (Å²) in [5.74, 6) is -0.274. The molecule has 0 aliphatic heterocycles. The summed E-state index contributed by atoms with van der Waals surface area (Å²) in [6.45, 7) is 3.97. The van der Waals surface area contributed by atoms with Crippen molar-refractivity contribution in [1.82, 2.24) is 14.5 Å². The van der Waals surface area contributed by atoms with Crippen LogP contribution in [-0.2, 0) is 0 Å². The van der Waals surface area contributed by atoms with Crippen LogP contribution in [0.2, 0.25) is 0 Å². The number of hydrogen-bond acceptors (Lipinski definition) is 3. The Hall–Kier alpha value is -3.15. The molecule has 0 radical (unpaired) electrons. The van der Waals surface area contributed by atoms with Crippen LogP contribution in [-0.4, -0.2) is 20.4 Å². The Kier molecular flexibility index (Phi) is 3.80. The summed E-state index contributed by atoms with van der Waals surface area (Å²) < 4.78 is 1.99. The van der Waals surface area contributed by atoms with Crippen LogP contribution in [0.25, 0.3) is 5.69 Å². The van der Waals surface area contributed by atoms with Gasteiger partial charge in [-0.2, -0.15) is 0 Å². The van der Waals surface area contributed by atoms with Crippen LogP contribution in [0, 0.1) is 13.8 Å². The molecule has 2 aromatic heterocycles. The molecule has 0 fully saturated rings. The Labute approximate surface area is 132 Å². The predicted octanol–water partition coefficient (Wildman–Crippen LogP) is 2.43. The number of aromatic nitrogens is 3. The van der Waals surface area contributed by atoms with Gasteiger partial charge < -0.3 is 14.9 Å². The number of benzene rings is 1. The first-order valence-electron chi connectivity index (χ1n) is 7.15. The number of carbonyl (C=O) groups excluding carboxylic acids is 1. The van der Waals surface area contributed by atoms with Gasteiger partial charge in [-0.25, -0.2) is 4.98 Å². The second-order valence-corrected chi connectivity index (χ2v) is 5.23. The molecule has 0 atom stereocenters. The van der Waals surface area contributed by atoms with E-state index in [-0.39, 0.29) is 11.5 Å². The minimum absolute atomic E-state index is 0.239. The van der Waals surface area contributed by atoms with E-state index < -0.39 is 0 Å². The van der Waals surface area contributed by atoms with E-state index in [4.69, 9.17) is 0 Å². The molecule has 0 bridgehead atoms. The molecule has 0 saturated carbocycles. The third-order valence-electron chi connectivity index (χ3n) is 3.70. The molecule has 2 N–H and O–H groups in total. The lowest BCUT2D eigenvalue weighted by molar-refractivity contribution is 0.102. The second-order valence-electron chi connectivity index (χ2n) is 5.23. The maximum atomic E-state index is 12.1. The second kappa shape index (κ2) is 5.92. The number of anilines is 1. The largest absolute Gasteiger partial charge is 0.328 e. The normalized spacial score (nSPS) is 10.5. The summed E-state index contributed by atoms with van der Waals surface area (Å²) in [6.07, 6.45) is 3.17. The van der Waals surface area contributed by atoms with E-state index in [1.165, 1.54) is 18.3 Å². The van der Waals surface area contributed by atoms with Crippen LogP contribution in [0.4, 0.5) is 5.69 Å². The fraction of sp³-hybridized carbons (Fsp3) is 0.118. The summed E-state index contributed by atoms with van der Waals surface area (Å²) in [5.41, 5.74) is 3.88. The molecule has 0 aliphatic rings.